The average molecular weight is 242 g/mol. The minimum absolute atomic E-state index is 0.609. The van der Waals surface area contributed by atoms with Gasteiger partial charge in [-0.3, -0.25) is 4.68 Å². The molecular weight excluding hydrogens is 224 g/mol. The SMILES string of the molecule is Cc1nn(C)c(NC2C3C4CCC(C4)C23)c1C#N. The Kier molecular flexibility index (Phi) is 1.90. The van der Waals surface area contributed by atoms with Gasteiger partial charge in [0.25, 0.3) is 0 Å². The second-order valence-corrected chi connectivity index (χ2v) is 6.20. The Labute approximate surface area is 107 Å². The summed E-state index contributed by atoms with van der Waals surface area (Å²) in [6, 6.07) is 2.89. The molecule has 0 aromatic carbocycles. The standard InChI is InChI=1S/C14H18N4/c1-7-10(6-15)14(18(2)17-7)16-13-11-8-3-4-9(5-8)12(11)13/h8-9,11-13,16H,3-5H2,1-2H3. The molecule has 0 amide bonds. The van der Waals surface area contributed by atoms with E-state index in [1.807, 2.05) is 18.7 Å². The third-order valence-electron chi connectivity index (χ3n) is 5.37. The third-order valence-corrected chi connectivity index (χ3v) is 5.37. The van der Waals surface area contributed by atoms with Gasteiger partial charge in [0, 0.05) is 13.1 Å². The van der Waals surface area contributed by atoms with Crippen LogP contribution in [0.4, 0.5) is 5.82 Å². The number of nitriles is 1. The second-order valence-electron chi connectivity index (χ2n) is 6.20. The highest BCUT2D eigenvalue weighted by Gasteiger charge is 2.65. The fourth-order valence-corrected chi connectivity index (χ4v) is 4.63. The average Bonchev–Trinajstić information content (AvgIpc) is 2.68. The highest BCUT2D eigenvalue weighted by molar-refractivity contribution is 5.56. The summed E-state index contributed by atoms with van der Waals surface area (Å²) in [6.45, 7) is 1.90. The summed E-state index contributed by atoms with van der Waals surface area (Å²) in [5.41, 5.74) is 1.55. The van der Waals surface area contributed by atoms with Crippen molar-refractivity contribution in [1.29, 1.82) is 5.26 Å². The van der Waals surface area contributed by atoms with Gasteiger partial charge >= 0.3 is 0 Å². The Hall–Kier alpha value is -1.50. The maximum atomic E-state index is 9.22. The predicted octanol–water partition coefficient (Wildman–Crippen LogP) is 2.06. The summed E-state index contributed by atoms with van der Waals surface area (Å²) in [7, 11) is 1.92. The largest absolute Gasteiger partial charge is 0.366 e. The quantitative estimate of drug-likeness (QED) is 0.863. The molecule has 3 aliphatic rings. The van der Waals surface area contributed by atoms with Crippen molar-refractivity contribution in [1.82, 2.24) is 9.78 Å². The smallest absolute Gasteiger partial charge is 0.142 e. The van der Waals surface area contributed by atoms with E-state index in [1.54, 1.807) is 0 Å². The van der Waals surface area contributed by atoms with Crippen molar-refractivity contribution in [3.8, 4) is 6.07 Å². The number of hydrogen-bond acceptors (Lipinski definition) is 3. The summed E-state index contributed by atoms with van der Waals surface area (Å²) in [6.07, 6.45) is 4.32. The number of aryl methyl sites for hydroxylation is 2. The van der Waals surface area contributed by atoms with Crippen LogP contribution in [0.3, 0.4) is 0 Å². The maximum Gasteiger partial charge on any atom is 0.142 e. The zero-order chi connectivity index (χ0) is 12.4. The van der Waals surface area contributed by atoms with Gasteiger partial charge in [-0.2, -0.15) is 10.4 Å². The summed E-state index contributed by atoms with van der Waals surface area (Å²) in [4.78, 5) is 0. The first-order valence-corrected chi connectivity index (χ1v) is 6.91. The number of nitrogens with one attached hydrogen (secondary N) is 1. The monoisotopic (exact) mass is 242 g/mol. The molecule has 3 aliphatic carbocycles. The van der Waals surface area contributed by atoms with Gasteiger partial charge in [-0.1, -0.05) is 0 Å². The van der Waals surface area contributed by atoms with Gasteiger partial charge in [-0.05, 0) is 49.9 Å². The molecule has 0 aliphatic heterocycles. The minimum Gasteiger partial charge on any atom is -0.366 e. The van der Waals surface area contributed by atoms with E-state index in [2.05, 4.69) is 16.5 Å². The molecule has 0 spiro atoms. The van der Waals surface area contributed by atoms with Crippen molar-refractivity contribution in [2.24, 2.45) is 30.7 Å². The van der Waals surface area contributed by atoms with Crippen molar-refractivity contribution in [3.05, 3.63) is 11.3 Å². The van der Waals surface area contributed by atoms with E-state index >= 15 is 0 Å². The van der Waals surface area contributed by atoms with Crippen LogP contribution >= 0.6 is 0 Å². The van der Waals surface area contributed by atoms with Crippen molar-refractivity contribution in [3.63, 3.8) is 0 Å². The first-order chi connectivity index (χ1) is 8.70. The molecule has 4 unspecified atom stereocenters. The van der Waals surface area contributed by atoms with E-state index in [4.69, 9.17) is 0 Å². The topological polar surface area (TPSA) is 53.6 Å². The van der Waals surface area contributed by atoms with Crippen LogP contribution in [0, 0.1) is 41.9 Å². The van der Waals surface area contributed by atoms with E-state index in [1.165, 1.54) is 19.3 Å². The van der Waals surface area contributed by atoms with E-state index in [9.17, 15) is 5.26 Å². The highest BCUT2D eigenvalue weighted by Crippen LogP contribution is 2.66. The number of anilines is 1. The fraction of sp³-hybridized carbons (Fsp3) is 0.714. The molecule has 0 saturated heterocycles. The van der Waals surface area contributed by atoms with Crippen LogP contribution in [0.5, 0.6) is 0 Å². The molecule has 4 rings (SSSR count). The van der Waals surface area contributed by atoms with Crippen LogP contribution in [0.2, 0.25) is 0 Å². The number of fused-ring (bicyclic) bond motifs is 5. The molecule has 1 heterocycles. The number of hydrogen-bond donors (Lipinski definition) is 1. The van der Waals surface area contributed by atoms with Crippen LogP contribution in [0.1, 0.15) is 30.5 Å². The Morgan fingerprint density at radius 2 is 2.00 bits per heavy atom. The van der Waals surface area contributed by atoms with Crippen LogP contribution in [-0.2, 0) is 7.05 Å². The number of rotatable bonds is 2. The fourth-order valence-electron chi connectivity index (χ4n) is 4.63. The molecule has 18 heavy (non-hydrogen) atoms. The van der Waals surface area contributed by atoms with Crippen LogP contribution in [-0.4, -0.2) is 15.8 Å². The van der Waals surface area contributed by atoms with Crippen molar-refractivity contribution in [2.45, 2.75) is 32.2 Å². The molecule has 94 valence electrons. The van der Waals surface area contributed by atoms with Gasteiger partial charge in [0.15, 0.2) is 0 Å². The highest BCUT2D eigenvalue weighted by atomic mass is 15.3. The zero-order valence-electron chi connectivity index (χ0n) is 10.8. The van der Waals surface area contributed by atoms with E-state index in [0.717, 1.165) is 40.7 Å². The third kappa shape index (κ3) is 1.17. The van der Waals surface area contributed by atoms with E-state index in [-0.39, 0.29) is 0 Å². The summed E-state index contributed by atoms with van der Waals surface area (Å²) in [5.74, 6) is 4.60. The number of aromatic nitrogens is 2. The molecule has 2 bridgehead atoms. The molecule has 0 radical (unpaired) electrons. The van der Waals surface area contributed by atoms with Gasteiger partial charge in [-0.25, -0.2) is 0 Å². The molecule has 1 aromatic rings. The van der Waals surface area contributed by atoms with Crippen LogP contribution in [0.25, 0.3) is 0 Å². The molecule has 4 nitrogen and oxygen atoms in total. The minimum atomic E-state index is 0.609. The summed E-state index contributed by atoms with van der Waals surface area (Å²) >= 11 is 0. The van der Waals surface area contributed by atoms with Crippen molar-refractivity contribution < 1.29 is 0 Å². The maximum absolute atomic E-state index is 9.22. The first-order valence-electron chi connectivity index (χ1n) is 6.91. The van der Waals surface area contributed by atoms with E-state index in [0.29, 0.717) is 6.04 Å². The molecule has 1 aromatic heterocycles. The molecule has 3 fully saturated rings. The van der Waals surface area contributed by atoms with Crippen LogP contribution < -0.4 is 5.32 Å². The normalized spacial score (nSPS) is 39.5. The predicted molar refractivity (Wildman–Crippen MR) is 67.9 cm³/mol. The van der Waals surface area contributed by atoms with Gasteiger partial charge in [-0.15, -0.1) is 0 Å². The lowest BCUT2D eigenvalue weighted by atomic mass is 10.0. The molecular formula is C14H18N4. The Morgan fingerprint density at radius 3 is 2.61 bits per heavy atom. The molecule has 1 N–H and O–H groups in total. The van der Waals surface area contributed by atoms with Gasteiger partial charge in [0.05, 0.1) is 5.69 Å². The Morgan fingerprint density at radius 1 is 1.33 bits per heavy atom. The van der Waals surface area contributed by atoms with E-state index < -0.39 is 0 Å². The zero-order valence-corrected chi connectivity index (χ0v) is 10.8. The molecule has 3 saturated carbocycles. The van der Waals surface area contributed by atoms with Crippen molar-refractivity contribution in [2.75, 3.05) is 5.32 Å². The Balaban J connectivity index is 1.59. The Bertz CT molecular complexity index is 537. The molecule has 4 heteroatoms. The van der Waals surface area contributed by atoms with Gasteiger partial charge in [0.2, 0.25) is 0 Å². The molecule has 4 atom stereocenters. The lowest BCUT2D eigenvalue weighted by Gasteiger charge is -2.12. The van der Waals surface area contributed by atoms with Crippen LogP contribution in [0.15, 0.2) is 0 Å². The summed E-state index contributed by atoms with van der Waals surface area (Å²) in [5, 5.41) is 17.2. The number of nitrogens with zero attached hydrogens (tertiary/aromatic N) is 3. The first kappa shape index (κ1) is 10.4. The van der Waals surface area contributed by atoms with Gasteiger partial charge < -0.3 is 5.32 Å². The summed E-state index contributed by atoms with van der Waals surface area (Å²) < 4.78 is 1.82. The lowest BCUT2D eigenvalue weighted by Crippen LogP contribution is -2.15. The lowest BCUT2D eigenvalue weighted by molar-refractivity contribution is 0.456. The van der Waals surface area contributed by atoms with Gasteiger partial charge in [0.1, 0.15) is 17.5 Å². The second kappa shape index (κ2) is 3.28. The van der Waals surface area contributed by atoms with Crippen molar-refractivity contribution >= 4 is 5.82 Å².